The number of azide groups is 1. The molecule has 5 nitrogen and oxygen atoms in total. The van der Waals surface area contributed by atoms with Crippen LogP contribution in [0, 0.1) is 17.2 Å². The third-order valence-corrected chi connectivity index (χ3v) is 7.96. The molecule has 0 radical (unpaired) electrons. The van der Waals surface area contributed by atoms with Gasteiger partial charge in [-0.05, 0) is 77.9 Å². The van der Waals surface area contributed by atoms with Crippen LogP contribution in [0.3, 0.4) is 0 Å². The van der Waals surface area contributed by atoms with Gasteiger partial charge in [-0.25, -0.2) is 4.39 Å². The lowest BCUT2D eigenvalue weighted by molar-refractivity contribution is 0.179. The van der Waals surface area contributed by atoms with Crippen molar-refractivity contribution in [2.45, 2.75) is 42.6 Å². The first kappa shape index (κ1) is 16.4. The Morgan fingerprint density at radius 2 is 1.89 bits per heavy atom. The number of fused-ring (bicyclic) bond motifs is 5. The summed E-state index contributed by atoms with van der Waals surface area (Å²) in [5, 5.41) is 17.8. The first-order valence-corrected chi connectivity index (χ1v) is 9.93. The molecule has 3 fully saturated rings. The lowest BCUT2D eigenvalue weighted by Gasteiger charge is -2.32. The number of para-hydroxylation sites is 1. The number of nitrogens with zero attached hydrogens (tertiary/aromatic N) is 3. The molecule has 28 heavy (non-hydrogen) atoms. The molecule has 2 N–H and O–H groups in total. The molecule has 2 spiro atoms. The van der Waals surface area contributed by atoms with E-state index in [0.717, 1.165) is 42.6 Å². The van der Waals surface area contributed by atoms with Gasteiger partial charge in [-0.15, -0.1) is 0 Å². The molecule has 4 atom stereocenters. The Bertz CT molecular complexity index is 1060. The molecule has 0 bridgehead atoms. The molecule has 6 heteroatoms. The zero-order valence-electron chi connectivity index (χ0n) is 15.4. The van der Waals surface area contributed by atoms with Gasteiger partial charge >= 0.3 is 0 Å². The third kappa shape index (κ3) is 1.78. The molecule has 0 amide bonds. The fraction of sp³-hybridized carbons (Fsp3) is 0.455. The van der Waals surface area contributed by atoms with Crippen molar-refractivity contribution < 1.29 is 9.50 Å². The summed E-state index contributed by atoms with van der Waals surface area (Å²) in [5.41, 5.74) is 12.5. The van der Waals surface area contributed by atoms with E-state index in [1.807, 2.05) is 12.1 Å². The lowest BCUT2D eigenvalue weighted by Crippen LogP contribution is -2.33. The Morgan fingerprint density at radius 1 is 1.11 bits per heavy atom. The average Bonchev–Trinajstić information content (AvgIpc) is 3.58. The second kappa shape index (κ2) is 5.07. The van der Waals surface area contributed by atoms with Crippen LogP contribution in [-0.2, 0) is 10.8 Å². The smallest absolute Gasteiger partial charge is 0.123 e. The summed E-state index contributed by atoms with van der Waals surface area (Å²) >= 11 is 0. The summed E-state index contributed by atoms with van der Waals surface area (Å²) in [7, 11) is 0. The predicted molar refractivity (Wildman–Crippen MR) is 104 cm³/mol. The minimum absolute atomic E-state index is 0.0402. The largest absolute Gasteiger partial charge is 0.396 e. The van der Waals surface area contributed by atoms with Gasteiger partial charge < -0.3 is 10.4 Å². The third-order valence-electron chi connectivity index (χ3n) is 7.96. The van der Waals surface area contributed by atoms with Gasteiger partial charge in [0, 0.05) is 39.8 Å². The van der Waals surface area contributed by atoms with E-state index in [4.69, 9.17) is 5.53 Å². The highest BCUT2D eigenvalue weighted by Gasteiger charge is 2.82. The Kier molecular flexibility index (Phi) is 2.97. The monoisotopic (exact) mass is 376 g/mol. The molecular formula is C22H21FN4O. The van der Waals surface area contributed by atoms with E-state index in [2.05, 4.69) is 27.5 Å². The van der Waals surface area contributed by atoms with Crippen LogP contribution in [0.5, 0.6) is 0 Å². The van der Waals surface area contributed by atoms with Crippen LogP contribution in [-0.4, -0.2) is 17.8 Å². The van der Waals surface area contributed by atoms with Crippen molar-refractivity contribution in [3.05, 3.63) is 69.9 Å². The number of benzene rings is 2. The van der Waals surface area contributed by atoms with E-state index in [0.29, 0.717) is 5.92 Å². The van der Waals surface area contributed by atoms with Gasteiger partial charge in [-0.3, -0.25) is 0 Å². The first-order chi connectivity index (χ1) is 13.6. The van der Waals surface area contributed by atoms with Gasteiger partial charge in [0.15, 0.2) is 0 Å². The SMILES string of the molecule is [N-]=[N+]=NC1CC12c1cc(F)ccc1Nc1ccccc1C21CC1C1(CO)CC1. The van der Waals surface area contributed by atoms with Crippen molar-refractivity contribution in [2.75, 3.05) is 11.9 Å². The second-order valence-corrected chi connectivity index (χ2v) is 9.01. The van der Waals surface area contributed by atoms with Crippen LogP contribution in [0.2, 0.25) is 0 Å². The summed E-state index contributed by atoms with van der Waals surface area (Å²) in [5.74, 6) is 0.0502. The number of nitrogens with one attached hydrogen (secondary N) is 1. The minimum atomic E-state index is -0.411. The Morgan fingerprint density at radius 3 is 2.64 bits per heavy atom. The lowest BCUT2D eigenvalue weighted by atomic mass is 9.71. The quantitative estimate of drug-likeness (QED) is 0.452. The molecule has 3 aliphatic carbocycles. The van der Waals surface area contributed by atoms with Crippen LogP contribution >= 0.6 is 0 Å². The highest BCUT2D eigenvalue weighted by molar-refractivity contribution is 5.77. The van der Waals surface area contributed by atoms with Crippen molar-refractivity contribution in [3.63, 3.8) is 0 Å². The number of aliphatic hydroxyl groups excluding tert-OH is 1. The summed E-state index contributed by atoms with van der Waals surface area (Å²) in [6, 6.07) is 13.0. The van der Waals surface area contributed by atoms with Gasteiger partial charge in [0.05, 0.1) is 0 Å². The topological polar surface area (TPSA) is 81.0 Å². The molecule has 0 saturated heterocycles. The molecule has 6 rings (SSSR count). The van der Waals surface area contributed by atoms with Crippen LogP contribution < -0.4 is 5.32 Å². The van der Waals surface area contributed by atoms with Crippen molar-refractivity contribution in [2.24, 2.45) is 16.4 Å². The van der Waals surface area contributed by atoms with E-state index in [9.17, 15) is 9.50 Å². The molecule has 4 unspecified atom stereocenters. The Hall–Kier alpha value is -2.56. The van der Waals surface area contributed by atoms with E-state index < -0.39 is 5.41 Å². The summed E-state index contributed by atoms with van der Waals surface area (Å²) in [6.45, 7) is 0.188. The van der Waals surface area contributed by atoms with Crippen molar-refractivity contribution >= 4 is 11.4 Å². The number of aliphatic hydroxyl groups is 1. The van der Waals surface area contributed by atoms with Gasteiger partial charge in [0.25, 0.3) is 0 Å². The zero-order chi connectivity index (χ0) is 19.1. The van der Waals surface area contributed by atoms with Crippen LogP contribution in [0.1, 0.15) is 36.8 Å². The molecule has 142 valence electrons. The van der Waals surface area contributed by atoms with Crippen LogP contribution in [0.25, 0.3) is 10.4 Å². The predicted octanol–water partition coefficient (Wildman–Crippen LogP) is 4.93. The highest BCUT2D eigenvalue weighted by atomic mass is 19.1. The first-order valence-electron chi connectivity index (χ1n) is 9.93. The molecule has 1 aliphatic heterocycles. The highest BCUT2D eigenvalue weighted by Crippen LogP contribution is 2.82. The Labute approximate surface area is 162 Å². The average molecular weight is 376 g/mol. The van der Waals surface area contributed by atoms with E-state index in [1.54, 1.807) is 12.1 Å². The molecule has 4 aliphatic rings. The number of hydrogen-bond acceptors (Lipinski definition) is 3. The van der Waals surface area contributed by atoms with Crippen molar-refractivity contribution in [1.29, 1.82) is 0 Å². The second-order valence-electron chi connectivity index (χ2n) is 9.01. The van der Waals surface area contributed by atoms with Gasteiger partial charge in [-0.1, -0.05) is 23.3 Å². The van der Waals surface area contributed by atoms with Gasteiger partial charge in [0.1, 0.15) is 5.82 Å². The fourth-order valence-electron chi connectivity index (χ4n) is 6.39. The van der Waals surface area contributed by atoms with E-state index in [-0.39, 0.29) is 29.3 Å². The molecule has 0 aromatic heterocycles. The maximum absolute atomic E-state index is 14.4. The standard InChI is InChI=1S/C22H21FN4O/c23-13-5-6-17-15(9-13)22(11-19(22)26-27-24)21(10-18(21)20(12-28)7-8-20)14-3-1-2-4-16(14)25-17/h1-6,9,18-19,25,28H,7-8,10-12H2. The summed E-state index contributed by atoms with van der Waals surface area (Å²) < 4.78 is 14.4. The van der Waals surface area contributed by atoms with Gasteiger partial charge in [0.2, 0.25) is 0 Å². The molecule has 3 saturated carbocycles. The summed E-state index contributed by atoms with van der Waals surface area (Å²) in [6.07, 6.45) is 3.73. The number of anilines is 2. The van der Waals surface area contributed by atoms with Crippen LogP contribution in [0.4, 0.5) is 15.8 Å². The minimum Gasteiger partial charge on any atom is -0.396 e. The number of rotatable bonds is 3. The summed E-state index contributed by atoms with van der Waals surface area (Å²) in [4.78, 5) is 3.11. The van der Waals surface area contributed by atoms with Gasteiger partial charge in [-0.2, -0.15) is 0 Å². The van der Waals surface area contributed by atoms with Crippen LogP contribution in [0.15, 0.2) is 47.6 Å². The molecular weight excluding hydrogens is 355 g/mol. The van der Waals surface area contributed by atoms with E-state index >= 15 is 0 Å². The fourth-order valence-corrected chi connectivity index (χ4v) is 6.39. The van der Waals surface area contributed by atoms with Crippen molar-refractivity contribution in [3.8, 4) is 0 Å². The maximum atomic E-state index is 14.4. The number of halogens is 1. The zero-order valence-corrected chi connectivity index (χ0v) is 15.4. The Balaban J connectivity index is 1.64. The normalized spacial score (nSPS) is 35.2. The van der Waals surface area contributed by atoms with Crippen molar-refractivity contribution in [1.82, 2.24) is 0 Å². The molecule has 2 aromatic rings. The maximum Gasteiger partial charge on any atom is 0.123 e. The molecule has 2 aromatic carbocycles. The number of hydrogen-bond donors (Lipinski definition) is 2. The van der Waals surface area contributed by atoms with E-state index in [1.165, 1.54) is 11.6 Å². The molecule has 1 heterocycles.